The van der Waals surface area contributed by atoms with E-state index in [1.165, 1.54) is 0 Å². The van der Waals surface area contributed by atoms with Crippen LogP contribution in [0.5, 0.6) is 0 Å². The number of nitrogens with zero attached hydrogens (tertiary/aromatic N) is 3. The predicted octanol–water partition coefficient (Wildman–Crippen LogP) is 1.81. The number of aliphatic hydroxyl groups is 1. The fourth-order valence-electron chi connectivity index (χ4n) is 2.20. The van der Waals surface area contributed by atoms with Crippen molar-refractivity contribution >= 4 is 5.91 Å². The molecule has 2 aromatic rings. The number of hydrogen-bond donors (Lipinski definition) is 2. The predicted molar refractivity (Wildman–Crippen MR) is 84.2 cm³/mol. The van der Waals surface area contributed by atoms with Crippen LogP contribution in [0.15, 0.2) is 24.3 Å². The second-order valence-corrected chi connectivity index (χ2v) is 5.67. The number of amides is 1. The maximum Gasteiger partial charge on any atom is 0.291 e. The topological polar surface area (TPSA) is 80.0 Å². The average Bonchev–Trinajstić information content (AvgIpc) is 2.86. The fraction of sp³-hybridized carbons (Fsp3) is 0.438. The molecule has 0 spiro atoms. The van der Waals surface area contributed by atoms with Crippen LogP contribution < -0.4 is 5.32 Å². The van der Waals surface area contributed by atoms with Gasteiger partial charge in [-0.25, -0.2) is 9.67 Å². The van der Waals surface area contributed by atoms with Gasteiger partial charge in [0.25, 0.3) is 5.91 Å². The molecule has 118 valence electrons. The van der Waals surface area contributed by atoms with Gasteiger partial charge in [-0.15, -0.1) is 5.10 Å². The zero-order chi connectivity index (χ0) is 16.3. The first kappa shape index (κ1) is 16.2. The summed E-state index contributed by atoms with van der Waals surface area (Å²) < 4.78 is 1.69. The largest absolute Gasteiger partial charge is 0.392 e. The van der Waals surface area contributed by atoms with E-state index in [9.17, 15) is 9.90 Å². The maximum atomic E-state index is 12.0. The number of rotatable bonds is 5. The molecule has 6 nitrogen and oxygen atoms in total. The number of aliphatic hydroxyl groups excluding tert-OH is 1. The van der Waals surface area contributed by atoms with Gasteiger partial charge in [-0.05, 0) is 31.4 Å². The zero-order valence-corrected chi connectivity index (χ0v) is 13.4. The summed E-state index contributed by atoms with van der Waals surface area (Å²) in [4.78, 5) is 16.2. The van der Waals surface area contributed by atoms with E-state index in [-0.39, 0.29) is 18.3 Å². The Balaban J connectivity index is 2.33. The molecule has 1 unspecified atom stereocenters. The molecule has 1 heterocycles. The van der Waals surface area contributed by atoms with Crippen molar-refractivity contribution < 1.29 is 9.90 Å². The summed E-state index contributed by atoms with van der Waals surface area (Å²) in [6.45, 7) is 7.82. The second-order valence-electron chi connectivity index (χ2n) is 5.67. The van der Waals surface area contributed by atoms with Gasteiger partial charge >= 0.3 is 0 Å². The molecule has 0 aliphatic heterocycles. The van der Waals surface area contributed by atoms with Crippen LogP contribution >= 0.6 is 0 Å². The summed E-state index contributed by atoms with van der Waals surface area (Å²) in [5.74, 6) is 0.712. The Kier molecular flexibility index (Phi) is 4.92. The van der Waals surface area contributed by atoms with Gasteiger partial charge in [-0.1, -0.05) is 32.0 Å². The van der Waals surface area contributed by atoms with Crippen molar-refractivity contribution in [2.45, 2.75) is 39.7 Å². The molecule has 22 heavy (non-hydrogen) atoms. The zero-order valence-electron chi connectivity index (χ0n) is 13.4. The Labute approximate surface area is 130 Å². The summed E-state index contributed by atoms with van der Waals surface area (Å²) >= 11 is 0. The third-order valence-electron chi connectivity index (χ3n) is 3.32. The molecule has 2 N–H and O–H groups in total. The van der Waals surface area contributed by atoms with Crippen LogP contribution in [0.4, 0.5) is 0 Å². The molecular weight excluding hydrogens is 280 g/mol. The van der Waals surface area contributed by atoms with E-state index >= 15 is 0 Å². The average molecular weight is 302 g/mol. The number of aryl methyl sites for hydroxylation is 1. The minimum atomic E-state index is -0.603. The summed E-state index contributed by atoms with van der Waals surface area (Å²) in [7, 11) is 0. The highest BCUT2D eigenvalue weighted by Gasteiger charge is 2.17. The summed E-state index contributed by atoms with van der Waals surface area (Å²) in [5, 5.41) is 16.1. The fourth-order valence-corrected chi connectivity index (χ4v) is 2.20. The number of benzene rings is 1. The molecule has 1 aromatic carbocycles. The lowest BCUT2D eigenvalue weighted by Gasteiger charge is -2.12. The van der Waals surface area contributed by atoms with Crippen LogP contribution in [-0.2, 0) is 0 Å². The van der Waals surface area contributed by atoms with Crippen LogP contribution in [0.1, 0.15) is 48.7 Å². The summed E-state index contributed by atoms with van der Waals surface area (Å²) in [5.41, 5.74) is 2.07. The van der Waals surface area contributed by atoms with Crippen molar-refractivity contribution in [3.05, 3.63) is 41.5 Å². The normalized spacial score (nSPS) is 12.5. The number of carbonyl (C=O) groups excluding carboxylic acids is 1. The molecular formula is C16H22N4O2. The lowest BCUT2D eigenvalue weighted by Crippen LogP contribution is -2.31. The first-order chi connectivity index (χ1) is 10.4. The molecule has 0 saturated carbocycles. The quantitative estimate of drug-likeness (QED) is 0.882. The van der Waals surface area contributed by atoms with Crippen molar-refractivity contribution in [3.63, 3.8) is 0 Å². The summed E-state index contributed by atoms with van der Waals surface area (Å²) in [6, 6.07) is 7.94. The van der Waals surface area contributed by atoms with E-state index in [2.05, 4.69) is 29.2 Å². The van der Waals surface area contributed by atoms with E-state index in [1.807, 2.05) is 31.2 Å². The van der Waals surface area contributed by atoms with Crippen molar-refractivity contribution in [1.29, 1.82) is 0 Å². The Morgan fingerprint density at radius 3 is 2.64 bits per heavy atom. The van der Waals surface area contributed by atoms with Gasteiger partial charge in [0.05, 0.1) is 11.8 Å². The maximum absolute atomic E-state index is 12.0. The molecule has 0 saturated heterocycles. The molecule has 0 aliphatic rings. The minimum absolute atomic E-state index is 0.108. The van der Waals surface area contributed by atoms with Gasteiger partial charge in [-0.3, -0.25) is 4.79 Å². The lowest BCUT2D eigenvalue weighted by molar-refractivity contribution is 0.0913. The molecule has 1 atom stereocenters. The smallest absolute Gasteiger partial charge is 0.291 e. The van der Waals surface area contributed by atoms with Crippen molar-refractivity contribution in [2.24, 2.45) is 0 Å². The van der Waals surface area contributed by atoms with Gasteiger partial charge in [0.1, 0.15) is 5.82 Å². The van der Waals surface area contributed by atoms with Gasteiger partial charge in [0.15, 0.2) is 0 Å². The SMILES string of the molecule is Cc1nc(C(=O)NCC(C)O)nn1-c1ccccc1C(C)C. The third-order valence-corrected chi connectivity index (χ3v) is 3.32. The highest BCUT2D eigenvalue weighted by Crippen LogP contribution is 2.23. The third kappa shape index (κ3) is 3.51. The molecule has 0 bridgehead atoms. The highest BCUT2D eigenvalue weighted by molar-refractivity contribution is 5.90. The van der Waals surface area contributed by atoms with E-state index in [0.717, 1.165) is 11.3 Å². The van der Waals surface area contributed by atoms with E-state index < -0.39 is 6.10 Å². The van der Waals surface area contributed by atoms with Crippen LogP contribution in [-0.4, -0.2) is 38.4 Å². The molecule has 1 amide bonds. The van der Waals surface area contributed by atoms with Crippen molar-refractivity contribution in [2.75, 3.05) is 6.54 Å². The lowest BCUT2D eigenvalue weighted by atomic mass is 10.0. The number of hydrogen-bond acceptors (Lipinski definition) is 4. The van der Waals surface area contributed by atoms with Gasteiger partial charge in [0, 0.05) is 6.54 Å². The Hall–Kier alpha value is -2.21. The molecule has 1 aromatic heterocycles. The minimum Gasteiger partial charge on any atom is -0.392 e. The first-order valence-electron chi connectivity index (χ1n) is 7.39. The van der Waals surface area contributed by atoms with Crippen molar-refractivity contribution in [1.82, 2.24) is 20.1 Å². The van der Waals surface area contributed by atoms with Gasteiger partial charge in [0.2, 0.25) is 5.82 Å². The number of aromatic nitrogens is 3. The Morgan fingerprint density at radius 2 is 2.00 bits per heavy atom. The van der Waals surface area contributed by atoms with Gasteiger partial charge in [-0.2, -0.15) is 0 Å². The first-order valence-corrected chi connectivity index (χ1v) is 7.39. The van der Waals surface area contributed by atoms with E-state index in [1.54, 1.807) is 11.6 Å². The monoisotopic (exact) mass is 302 g/mol. The van der Waals surface area contributed by atoms with E-state index in [4.69, 9.17) is 0 Å². The molecule has 0 aliphatic carbocycles. The number of para-hydroxylation sites is 1. The summed E-state index contributed by atoms with van der Waals surface area (Å²) in [6.07, 6.45) is -0.603. The van der Waals surface area contributed by atoms with E-state index in [0.29, 0.717) is 11.7 Å². The molecule has 2 rings (SSSR count). The van der Waals surface area contributed by atoms with Crippen LogP contribution in [0, 0.1) is 6.92 Å². The standard InChI is InChI=1S/C16H22N4O2/c1-10(2)13-7-5-6-8-14(13)20-12(4)18-15(19-20)16(22)17-9-11(3)21/h5-8,10-11,21H,9H2,1-4H3,(H,17,22). The highest BCUT2D eigenvalue weighted by atomic mass is 16.3. The molecule has 6 heteroatoms. The Morgan fingerprint density at radius 1 is 1.32 bits per heavy atom. The van der Waals surface area contributed by atoms with Crippen LogP contribution in [0.2, 0.25) is 0 Å². The Bertz CT molecular complexity index is 662. The van der Waals surface area contributed by atoms with Crippen LogP contribution in [0.3, 0.4) is 0 Å². The second kappa shape index (κ2) is 6.70. The molecule has 0 radical (unpaired) electrons. The van der Waals surface area contributed by atoms with Crippen molar-refractivity contribution in [3.8, 4) is 5.69 Å². The van der Waals surface area contributed by atoms with Crippen LogP contribution in [0.25, 0.3) is 5.69 Å². The number of carbonyl (C=O) groups is 1. The molecule has 0 fully saturated rings. The van der Waals surface area contributed by atoms with Gasteiger partial charge < -0.3 is 10.4 Å². The number of nitrogens with one attached hydrogen (secondary N) is 1.